The molecule has 2 aromatic rings. The highest BCUT2D eigenvalue weighted by atomic mass is 32.2. The van der Waals surface area contributed by atoms with Crippen LogP contribution in [0.5, 0.6) is 0 Å². The van der Waals surface area contributed by atoms with E-state index < -0.39 is 21.7 Å². The van der Waals surface area contributed by atoms with Crippen molar-refractivity contribution in [3.63, 3.8) is 0 Å². The molecule has 0 unspecified atom stereocenters. The molecule has 0 aliphatic heterocycles. The van der Waals surface area contributed by atoms with Crippen LogP contribution in [-0.4, -0.2) is 30.7 Å². The number of hydrogen-bond acceptors (Lipinski definition) is 4. The second kappa shape index (κ2) is 7.32. The van der Waals surface area contributed by atoms with Gasteiger partial charge >= 0.3 is 0 Å². The van der Waals surface area contributed by atoms with E-state index in [2.05, 4.69) is 10.4 Å². The molecule has 0 spiro atoms. The van der Waals surface area contributed by atoms with Gasteiger partial charge in [0.1, 0.15) is 5.82 Å². The summed E-state index contributed by atoms with van der Waals surface area (Å²) in [6, 6.07) is 2.85. The molecule has 3 N–H and O–H groups in total. The Labute approximate surface area is 146 Å². The lowest BCUT2D eigenvalue weighted by molar-refractivity contribution is 0.0947. The van der Waals surface area contributed by atoms with Crippen LogP contribution in [0.1, 0.15) is 34.2 Å². The third kappa shape index (κ3) is 4.23. The molecule has 0 atom stereocenters. The van der Waals surface area contributed by atoms with E-state index in [9.17, 15) is 17.6 Å². The first-order chi connectivity index (χ1) is 11.6. The van der Waals surface area contributed by atoms with Crippen LogP contribution < -0.4 is 10.5 Å². The molecule has 1 amide bonds. The van der Waals surface area contributed by atoms with Gasteiger partial charge in [0.2, 0.25) is 10.0 Å². The first-order valence-electron chi connectivity index (χ1n) is 7.78. The minimum absolute atomic E-state index is 0.225. The molecule has 0 bridgehead atoms. The molecule has 1 aromatic heterocycles. The molecule has 0 aliphatic carbocycles. The number of benzene rings is 1. The monoisotopic (exact) mass is 368 g/mol. The molecule has 0 fully saturated rings. The van der Waals surface area contributed by atoms with Crippen molar-refractivity contribution >= 4 is 15.9 Å². The fourth-order valence-electron chi connectivity index (χ4n) is 2.69. The summed E-state index contributed by atoms with van der Waals surface area (Å²) in [5, 5.41) is 12.0. The Balaban J connectivity index is 2.09. The fraction of sp³-hybridized carbons (Fsp3) is 0.375. The number of nitrogens with two attached hydrogens (primary N) is 1. The van der Waals surface area contributed by atoms with E-state index in [1.54, 1.807) is 4.68 Å². The number of hydrogen-bond donors (Lipinski definition) is 2. The number of aromatic nitrogens is 2. The molecule has 0 aliphatic rings. The maximum Gasteiger partial charge on any atom is 0.254 e. The molecular weight excluding hydrogens is 347 g/mol. The summed E-state index contributed by atoms with van der Waals surface area (Å²) in [5.41, 5.74) is 2.77. The number of nitrogens with zero attached hydrogens (tertiary/aromatic N) is 2. The highest BCUT2D eigenvalue weighted by molar-refractivity contribution is 7.89. The first kappa shape index (κ1) is 19.1. The van der Waals surface area contributed by atoms with Crippen molar-refractivity contribution in [1.82, 2.24) is 15.1 Å². The van der Waals surface area contributed by atoms with Crippen molar-refractivity contribution in [1.29, 1.82) is 0 Å². The Bertz CT molecular complexity index is 906. The van der Waals surface area contributed by atoms with Gasteiger partial charge in [-0.15, -0.1) is 0 Å². The van der Waals surface area contributed by atoms with Crippen molar-refractivity contribution in [3.05, 3.63) is 46.5 Å². The average Bonchev–Trinajstić information content (AvgIpc) is 2.80. The number of rotatable bonds is 6. The maximum absolute atomic E-state index is 13.8. The Morgan fingerprint density at radius 1 is 1.36 bits per heavy atom. The van der Waals surface area contributed by atoms with E-state index in [4.69, 9.17) is 5.14 Å². The molecule has 136 valence electrons. The second-order valence-electron chi connectivity index (χ2n) is 5.67. The minimum Gasteiger partial charge on any atom is -0.350 e. The highest BCUT2D eigenvalue weighted by Gasteiger charge is 2.17. The molecule has 1 aromatic carbocycles. The zero-order valence-corrected chi connectivity index (χ0v) is 15.2. The van der Waals surface area contributed by atoms with Crippen LogP contribution in [0.3, 0.4) is 0 Å². The standard InChI is InChI=1S/C16H21FN4O3S/c1-4-13-10(2)20-21(11(13)3)8-7-19-16(22)14-9-12(25(18,23)24)5-6-15(14)17/h5-6,9H,4,7-8H2,1-3H3,(H,19,22)(H2,18,23,24). The van der Waals surface area contributed by atoms with Crippen LogP contribution in [0.15, 0.2) is 23.1 Å². The normalized spacial score (nSPS) is 11.6. The Morgan fingerprint density at radius 3 is 2.60 bits per heavy atom. The van der Waals surface area contributed by atoms with E-state index >= 15 is 0 Å². The van der Waals surface area contributed by atoms with Gasteiger partial charge in [0, 0.05) is 12.2 Å². The van der Waals surface area contributed by atoms with Gasteiger partial charge in [-0.05, 0) is 44.0 Å². The van der Waals surface area contributed by atoms with Gasteiger partial charge in [0.15, 0.2) is 0 Å². The zero-order valence-electron chi connectivity index (χ0n) is 14.3. The number of nitrogens with one attached hydrogen (secondary N) is 1. The number of aryl methyl sites for hydroxylation is 1. The summed E-state index contributed by atoms with van der Waals surface area (Å²) < 4.78 is 38.3. The van der Waals surface area contributed by atoms with Gasteiger partial charge in [-0.1, -0.05) is 6.92 Å². The number of carbonyl (C=O) groups excluding carboxylic acids is 1. The summed E-state index contributed by atoms with van der Waals surface area (Å²) in [6.45, 7) is 6.58. The Hall–Kier alpha value is -2.26. The smallest absolute Gasteiger partial charge is 0.254 e. The first-order valence-corrected chi connectivity index (χ1v) is 9.33. The summed E-state index contributed by atoms with van der Waals surface area (Å²) in [6.07, 6.45) is 0.871. The number of sulfonamides is 1. The van der Waals surface area contributed by atoms with Crippen molar-refractivity contribution in [2.45, 2.75) is 38.6 Å². The summed E-state index contributed by atoms with van der Waals surface area (Å²) in [7, 11) is -4.01. The van der Waals surface area contributed by atoms with Crippen LogP contribution in [0.2, 0.25) is 0 Å². The highest BCUT2D eigenvalue weighted by Crippen LogP contribution is 2.15. The third-order valence-corrected chi connectivity index (χ3v) is 4.92. The van der Waals surface area contributed by atoms with Gasteiger partial charge in [0.25, 0.3) is 5.91 Å². The molecule has 1 heterocycles. The largest absolute Gasteiger partial charge is 0.350 e. The van der Waals surface area contributed by atoms with Crippen molar-refractivity contribution in [2.75, 3.05) is 6.54 Å². The lowest BCUT2D eigenvalue weighted by Crippen LogP contribution is -2.29. The molecular formula is C16H21FN4O3S. The number of primary sulfonamides is 1. The van der Waals surface area contributed by atoms with Crippen molar-refractivity contribution in [2.24, 2.45) is 5.14 Å². The predicted molar refractivity (Wildman–Crippen MR) is 91.2 cm³/mol. The van der Waals surface area contributed by atoms with Crippen LogP contribution >= 0.6 is 0 Å². The molecule has 7 nitrogen and oxygen atoms in total. The second-order valence-corrected chi connectivity index (χ2v) is 7.23. The van der Waals surface area contributed by atoms with E-state index in [0.717, 1.165) is 36.0 Å². The van der Waals surface area contributed by atoms with Crippen molar-refractivity contribution in [3.8, 4) is 0 Å². The van der Waals surface area contributed by atoms with E-state index in [0.29, 0.717) is 6.54 Å². The van der Waals surface area contributed by atoms with Gasteiger partial charge < -0.3 is 5.32 Å². The van der Waals surface area contributed by atoms with Crippen LogP contribution in [-0.2, 0) is 23.0 Å². The lowest BCUT2D eigenvalue weighted by atomic mass is 10.1. The molecule has 2 rings (SSSR count). The lowest BCUT2D eigenvalue weighted by Gasteiger charge is -2.09. The van der Waals surface area contributed by atoms with E-state index in [-0.39, 0.29) is 17.0 Å². The fourth-order valence-corrected chi connectivity index (χ4v) is 3.23. The Kier molecular flexibility index (Phi) is 5.58. The predicted octanol–water partition coefficient (Wildman–Crippen LogP) is 1.28. The minimum atomic E-state index is -4.01. The van der Waals surface area contributed by atoms with Crippen LogP contribution in [0.25, 0.3) is 0 Å². The molecule has 25 heavy (non-hydrogen) atoms. The average molecular weight is 368 g/mol. The van der Waals surface area contributed by atoms with Crippen LogP contribution in [0, 0.1) is 19.7 Å². The topological polar surface area (TPSA) is 107 Å². The molecule has 9 heteroatoms. The van der Waals surface area contributed by atoms with Gasteiger partial charge in [-0.3, -0.25) is 9.48 Å². The summed E-state index contributed by atoms with van der Waals surface area (Å²) >= 11 is 0. The zero-order chi connectivity index (χ0) is 18.8. The van der Waals surface area contributed by atoms with Gasteiger partial charge in [-0.25, -0.2) is 17.9 Å². The quantitative estimate of drug-likeness (QED) is 0.801. The number of amides is 1. The molecule has 0 radical (unpaired) electrons. The summed E-state index contributed by atoms with van der Waals surface area (Å²) in [4.78, 5) is 11.8. The SMILES string of the molecule is CCc1c(C)nn(CCNC(=O)c2cc(S(N)(=O)=O)ccc2F)c1C. The third-order valence-electron chi connectivity index (χ3n) is 4.01. The molecule has 0 saturated carbocycles. The molecule has 0 saturated heterocycles. The van der Waals surface area contributed by atoms with E-state index in [1.165, 1.54) is 5.56 Å². The number of carbonyl (C=O) groups is 1. The van der Waals surface area contributed by atoms with Gasteiger partial charge in [0.05, 0.1) is 22.7 Å². The van der Waals surface area contributed by atoms with E-state index in [1.807, 2.05) is 20.8 Å². The van der Waals surface area contributed by atoms with Gasteiger partial charge in [-0.2, -0.15) is 5.10 Å². The summed E-state index contributed by atoms with van der Waals surface area (Å²) in [5.74, 6) is -1.52. The van der Waals surface area contributed by atoms with Crippen molar-refractivity contribution < 1.29 is 17.6 Å². The number of halogens is 1. The maximum atomic E-state index is 13.8. The van der Waals surface area contributed by atoms with Crippen LogP contribution in [0.4, 0.5) is 4.39 Å². The Morgan fingerprint density at radius 2 is 2.04 bits per heavy atom.